The molecule has 37 heavy (non-hydrogen) atoms. The molecular formula is C31H46O4Si2. The molecule has 1 aliphatic heterocycles. The fourth-order valence-electron chi connectivity index (χ4n) is 6.23. The van der Waals surface area contributed by atoms with Crippen LogP contribution in [0.1, 0.15) is 63.5 Å². The molecule has 4 rings (SSSR count). The van der Waals surface area contributed by atoms with Gasteiger partial charge in [0.2, 0.25) is 0 Å². The molecule has 1 aliphatic carbocycles. The van der Waals surface area contributed by atoms with Crippen LogP contribution in [0.25, 0.3) is 0 Å². The highest BCUT2D eigenvalue weighted by molar-refractivity contribution is 6.90. The van der Waals surface area contributed by atoms with Crippen LogP contribution in [0.5, 0.6) is 5.75 Å². The van der Waals surface area contributed by atoms with Crippen LogP contribution in [0.15, 0.2) is 48.5 Å². The monoisotopic (exact) mass is 538 g/mol. The van der Waals surface area contributed by atoms with Gasteiger partial charge in [-0.15, -0.1) is 0 Å². The molecule has 0 N–H and O–H groups in total. The first-order valence-electron chi connectivity index (χ1n) is 13.9. The Hall–Kier alpha value is -1.90. The van der Waals surface area contributed by atoms with Crippen LogP contribution in [0, 0.1) is 0 Å². The fraction of sp³-hybridized carbons (Fsp3) is 0.581. The summed E-state index contributed by atoms with van der Waals surface area (Å²) in [5.74, 6) is 1.27. The largest absolute Gasteiger partial charge is 0.489 e. The lowest BCUT2D eigenvalue weighted by Crippen LogP contribution is -2.54. The maximum Gasteiger partial charge on any atom is 0.305 e. The van der Waals surface area contributed by atoms with Gasteiger partial charge in [0, 0.05) is 24.3 Å². The Kier molecular flexibility index (Phi) is 7.86. The van der Waals surface area contributed by atoms with E-state index >= 15 is 0 Å². The summed E-state index contributed by atoms with van der Waals surface area (Å²) < 4.78 is 19.0. The van der Waals surface area contributed by atoms with Crippen molar-refractivity contribution in [3.05, 3.63) is 59.7 Å². The first kappa shape index (κ1) is 28.1. The maximum absolute atomic E-state index is 11.6. The minimum Gasteiger partial charge on any atom is -0.489 e. The van der Waals surface area contributed by atoms with E-state index in [9.17, 15) is 4.79 Å². The van der Waals surface area contributed by atoms with E-state index in [1.54, 1.807) is 0 Å². The Morgan fingerprint density at radius 1 is 1.03 bits per heavy atom. The molecule has 6 heteroatoms. The number of aryl methyl sites for hydroxylation is 1. The lowest BCUT2D eigenvalue weighted by Gasteiger charge is -2.47. The highest BCUT2D eigenvalue weighted by Gasteiger charge is 2.56. The predicted octanol–water partition coefficient (Wildman–Crippen LogP) is 7.20. The van der Waals surface area contributed by atoms with Gasteiger partial charge in [0.05, 0.1) is 20.8 Å². The van der Waals surface area contributed by atoms with E-state index in [4.69, 9.17) is 13.9 Å². The van der Waals surface area contributed by atoms with E-state index in [0.717, 1.165) is 37.5 Å². The smallest absolute Gasteiger partial charge is 0.305 e. The van der Waals surface area contributed by atoms with Crippen LogP contribution in [-0.4, -0.2) is 41.2 Å². The van der Waals surface area contributed by atoms with Gasteiger partial charge in [0.15, 0.2) is 8.32 Å². The van der Waals surface area contributed by atoms with Crippen molar-refractivity contribution in [3.8, 4) is 5.75 Å². The molecule has 1 saturated carbocycles. The molecule has 0 bridgehead atoms. The van der Waals surface area contributed by atoms with E-state index in [1.807, 2.05) is 0 Å². The molecule has 0 aromatic heterocycles. The zero-order chi connectivity index (χ0) is 27.1. The molecule has 0 amide bonds. The molecule has 0 spiro atoms. The van der Waals surface area contributed by atoms with Gasteiger partial charge in [0.1, 0.15) is 11.9 Å². The third-order valence-electron chi connectivity index (χ3n) is 9.06. The summed E-state index contributed by atoms with van der Waals surface area (Å²) in [6.45, 7) is 16.8. The number of esters is 1. The van der Waals surface area contributed by atoms with Crippen molar-refractivity contribution in [3.63, 3.8) is 0 Å². The Labute approximate surface area is 226 Å². The summed E-state index contributed by atoms with van der Waals surface area (Å²) in [7, 11) is -2.31. The number of rotatable bonds is 9. The summed E-state index contributed by atoms with van der Waals surface area (Å²) in [6, 6.07) is 18.8. The first-order chi connectivity index (χ1) is 17.3. The normalized spacial score (nSPS) is 23.4. The minimum absolute atomic E-state index is 0.150. The van der Waals surface area contributed by atoms with Crippen LogP contribution in [0.3, 0.4) is 0 Å². The fourth-order valence-corrected chi connectivity index (χ4v) is 11.3. The summed E-state index contributed by atoms with van der Waals surface area (Å²) >= 11 is 0. The van der Waals surface area contributed by atoms with E-state index in [2.05, 4.69) is 95.5 Å². The van der Waals surface area contributed by atoms with E-state index in [1.165, 1.54) is 23.4 Å². The van der Waals surface area contributed by atoms with Crippen molar-refractivity contribution >= 4 is 27.5 Å². The van der Waals surface area contributed by atoms with Crippen molar-refractivity contribution in [2.75, 3.05) is 7.11 Å². The third-order valence-corrected chi connectivity index (χ3v) is 17.0. The van der Waals surface area contributed by atoms with Crippen molar-refractivity contribution < 1.29 is 18.7 Å². The van der Waals surface area contributed by atoms with Crippen LogP contribution in [0.4, 0.5) is 0 Å². The number of ether oxygens (including phenoxy) is 2. The van der Waals surface area contributed by atoms with Crippen LogP contribution >= 0.6 is 0 Å². The zero-order valence-corrected chi connectivity index (χ0v) is 26.1. The van der Waals surface area contributed by atoms with Gasteiger partial charge in [-0.25, -0.2) is 0 Å². The van der Waals surface area contributed by atoms with Gasteiger partial charge in [0.25, 0.3) is 0 Å². The average Bonchev–Trinajstić information content (AvgIpc) is 3.32. The lowest BCUT2D eigenvalue weighted by molar-refractivity contribution is -0.140. The summed E-state index contributed by atoms with van der Waals surface area (Å²) in [4.78, 5) is 11.6. The Balaban J connectivity index is 1.62. The van der Waals surface area contributed by atoms with E-state index in [-0.39, 0.29) is 22.7 Å². The Bertz CT molecular complexity index is 1110. The summed E-state index contributed by atoms with van der Waals surface area (Å²) in [5.41, 5.74) is 2.38. The summed E-state index contributed by atoms with van der Waals surface area (Å²) in [5, 5.41) is 1.65. The molecule has 1 fully saturated rings. The second-order valence-corrected chi connectivity index (χ2v) is 22.8. The number of carbonyl (C=O) groups is 1. The van der Waals surface area contributed by atoms with Crippen LogP contribution in [0.2, 0.25) is 37.3 Å². The van der Waals surface area contributed by atoms with Gasteiger partial charge in [-0.05, 0) is 49.0 Å². The molecule has 3 atom stereocenters. The number of fused-ring (bicyclic) bond motifs is 3. The highest BCUT2D eigenvalue weighted by Crippen LogP contribution is 2.57. The predicted molar refractivity (Wildman–Crippen MR) is 157 cm³/mol. The van der Waals surface area contributed by atoms with Crippen molar-refractivity contribution in [2.45, 2.75) is 108 Å². The quantitative estimate of drug-likeness (QED) is 0.250. The van der Waals surface area contributed by atoms with Crippen molar-refractivity contribution in [1.82, 2.24) is 0 Å². The Morgan fingerprint density at radius 2 is 1.73 bits per heavy atom. The van der Waals surface area contributed by atoms with Gasteiger partial charge in [-0.1, -0.05) is 87.6 Å². The number of hydrogen-bond acceptors (Lipinski definition) is 4. The highest BCUT2D eigenvalue weighted by atomic mass is 28.4. The molecule has 0 saturated heterocycles. The summed E-state index contributed by atoms with van der Waals surface area (Å²) in [6.07, 6.45) is 4.17. The molecular weight excluding hydrogens is 493 g/mol. The molecule has 3 unspecified atom stereocenters. The average molecular weight is 539 g/mol. The standard InChI is InChI=1S/C31H46O4Si2/c1-30(2,3)37(7,8)35-31(22-36(5,6)24-16-10-9-11-17-24)20-26-25-18-12-14-23(15-13-19-28(32)33-4)29(25)34-27(26)21-31/h9-12,14,16-18,26-27H,13,15,19-22H2,1-8H3. The zero-order valence-electron chi connectivity index (χ0n) is 24.1. The minimum atomic E-state index is -2.00. The second-order valence-electron chi connectivity index (χ2n) is 13.4. The van der Waals surface area contributed by atoms with Gasteiger partial charge >= 0.3 is 5.97 Å². The molecule has 2 aliphatic rings. The van der Waals surface area contributed by atoms with E-state index < -0.39 is 16.4 Å². The van der Waals surface area contributed by atoms with Gasteiger partial charge < -0.3 is 13.9 Å². The number of benzene rings is 2. The molecule has 2 aromatic rings. The molecule has 1 heterocycles. The SMILES string of the molecule is COC(=O)CCCc1cccc2c1OC1CC(C[Si](C)(C)c3ccccc3)(O[Si](C)(C)C(C)(C)C)CC21. The van der Waals surface area contributed by atoms with Crippen LogP contribution < -0.4 is 9.92 Å². The van der Waals surface area contributed by atoms with Gasteiger partial charge in [-0.3, -0.25) is 4.79 Å². The molecule has 0 radical (unpaired) electrons. The third kappa shape index (κ3) is 5.91. The molecule has 2 aromatic carbocycles. The van der Waals surface area contributed by atoms with Gasteiger partial charge in [-0.2, -0.15) is 0 Å². The number of para-hydroxylation sites is 1. The topological polar surface area (TPSA) is 44.8 Å². The first-order valence-corrected chi connectivity index (χ1v) is 20.0. The Morgan fingerprint density at radius 3 is 2.38 bits per heavy atom. The van der Waals surface area contributed by atoms with E-state index in [0.29, 0.717) is 12.3 Å². The maximum atomic E-state index is 11.6. The molecule has 4 nitrogen and oxygen atoms in total. The van der Waals surface area contributed by atoms with Crippen molar-refractivity contribution in [2.24, 2.45) is 0 Å². The molecule has 202 valence electrons. The lowest BCUT2D eigenvalue weighted by atomic mass is 9.93. The van der Waals surface area contributed by atoms with Crippen LogP contribution in [-0.2, 0) is 20.4 Å². The number of carbonyl (C=O) groups excluding carboxylic acids is 1. The van der Waals surface area contributed by atoms with Crippen molar-refractivity contribution in [1.29, 1.82) is 0 Å². The second kappa shape index (κ2) is 10.3. The number of methoxy groups -OCH3 is 1. The number of hydrogen-bond donors (Lipinski definition) is 0.